The van der Waals surface area contributed by atoms with Crippen LogP contribution in [0.5, 0.6) is 0 Å². The SMILES string of the molecule is CN(C)C1(C#N)CCC(C(=O)NC(C)(C)C)CC1. The molecule has 0 heterocycles. The molecule has 0 saturated heterocycles. The zero-order valence-corrected chi connectivity index (χ0v) is 12.2. The van der Waals surface area contributed by atoms with Gasteiger partial charge in [-0.05, 0) is 60.5 Å². The highest BCUT2D eigenvalue weighted by atomic mass is 16.2. The Bertz CT molecular complexity index is 341. The molecule has 1 aliphatic carbocycles. The van der Waals surface area contributed by atoms with Crippen LogP contribution in [0.15, 0.2) is 0 Å². The minimum absolute atomic E-state index is 0.0608. The van der Waals surface area contributed by atoms with E-state index in [-0.39, 0.29) is 22.9 Å². The molecule has 0 aliphatic heterocycles. The molecule has 0 aromatic heterocycles. The molecule has 1 rings (SSSR count). The lowest BCUT2D eigenvalue weighted by atomic mass is 9.76. The van der Waals surface area contributed by atoms with Crippen molar-refractivity contribution in [3.05, 3.63) is 0 Å². The van der Waals surface area contributed by atoms with E-state index in [0.29, 0.717) is 0 Å². The molecule has 4 heteroatoms. The van der Waals surface area contributed by atoms with Crippen molar-refractivity contribution in [1.82, 2.24) is 10.2 Å². The maximum atomic E-state index is 12.1. The van der Waals surface area contributed by atoms with Crippen molar-refractivity contribution >= 4 is 5.91 Å². The van der Waals surface area contributed by atoms with E-state index in [0.717, 1.165) is 25.7 Å². The molecule has 0 unspecified atom stereocenters. The maximum Gasteiger partial charge on any atom is 0.223 e. The molecule has 0 bridgehead atoms. The van der Waals surface area contributed by atoms with Gasteiger partial charge in [0.15, 0.2) is 0 Å². The molecule has 0 aromatic rings. The fraction of sp³-hybridized carbons (Fsp3) is 0.857. The Morgan fingerprint density at radius 3 is 2.17 bits per heavy atom. The number of carbonyl (C=O) groups is 1. The van der Waals surface area contributed by atoms with E-state index in [1.807, 2.05) is 39.8 Å². The van der Waals surface area contributed by atoms with Crippen LogP contribution >= 0.6 is 0 Å². The van der Waals surface area contributed by atoms with Gasteiger partial charge in [-0.1, -0.05) is 0 Å². The van der Waals surface area contributed by atoms with E-state index in [1.54, 1.807) is 0 Å². The molecule has 102 valence electrons. The number of rotatable bonds is 2. The second kappa shape index (κ2) is 5.27. The Hall–Kier alpha value is -1.08. The zero-order chi connectivity index (χ0) is 14.0. The fourth-order valence-corrected chi connectivity index (χ4v) is 2.49. The molecule has 0 aromatic carbocycles. The lowest BCUT2D eigenvalue weighted by Crippen LogP contribution is -2.49. The van der Waals surface area contributed by atoms with Crippen molar-refractivity contribution in [2.24, 2.45) is 5.92 Å². The van der Waals surface area contributed by atoms with E-state index >= 15 is 0 Å². The minimum atomic E-state index is -0.376. The van der Waals surface area contributed by atoms with Crippen molar-refractivity contribution in [3.8, 4) is 6.07 Å². The third-order valence-corrected chi connectivity index (χ3v) is 3.75. The van der Waals surface area contributed by atoms with Gasteiger partial charge in [-0.25, -0.2) is 0 Å². The van der Waals surface area contributed by atoms with E-state index in [1.165, 1.54) is 0 Å². The Labute approximate surface area is 110 Å². The molecule has 4 nitrogen and oxygen atoms in total. The maximum absolute atomic E-state index is 12.1. The average Bonchev–Trinajstić information content (AvgIpc) is 2.26. The van der Waals surface area contributed by atoms with E-state index in [9.17, 15) is 10.1 Å². The summed E-state index contributed by atoms with van der Waals surface area (Å²) in [6, 6.07) is 2.42. The Kier molecular flexibility index (Phi) is 4.39. The number of nitriles is 1. The summed E-state index contributed by atoms with van der Waals surface area (Å²) >= 11 is 0. The minimum Gasteiger partial charge on any atom is -0.351 e. The van der Waals surface area contributed by atoms with Gasteiger partial charge in [0.05, 0.1) is 6.07 Å². The fourth-order valence-electron chi connectivity index (χ4n) is 2.49. The van der Waals surface area contributed by atoms with Gasteiger partial charge in [-0.3, -0.25) is 9.69 Å². The predicted molar refractivity (Wildman–Crippen MR) is 71.9 cm³/mol. The molecule has 1 amide bonds. The van der Waals surface area contributed by atoms with Crippen molar-refractivity contribution < 1.29 is 4.79 Å². The predicted octanol–water partition coefficient (Wildman–Crippen LogP) is 1.92. The number of hydrogen-bond acceptors (Lipinski definition) is 3. The van der Waals surface area contributed by atoms with Crippen molar-refractivity contribution in [1.29, 1.82) is 5.26 Å². The molecule has 0 radical (unpaired) electrons. The van der Waals surface area contributed by atoms with Crippen LogP contribution in [-0.2, 0) is 4.79 Å². The molecule has 1 aliphatic rings. The Balaban J connectivity index is 2.59. The smallest absolute Gasteiger partial charge is 0.223 e. The first-order chi connectivity index (χ1) is 8.20. The summed E-state index contributed by atoms with van der Waals surface area (Å²) in [4.78, 5) is 14.1. The first-order valence-electron chi connectivity index (χ1n) is 6.61. The Morgan fingerprint density at radius 1 is 1.33 bits per heavy atom. The molecule has 1 N–H and O–H groups in total. The summed E-state index contributed by atoms with van der Waals surface area (Å²) in [5.41, 5.74) is -0.555. The normalized spacial score (nSPS) is 28.8. The number of nitrogens with zero attached hydrogens (tertiary/aromatic N) is 2. The lowest BCUT2D eigenvalue weighted by molar-refractivity contribution is -0.128. The van der Waals surface area contributed by atoms with Crippen LogP contribution in [0.25, 0.3) is 0 Å². The zero-order valence-electron chi connectivity index (χ0n) is 12.2. The van der Waals surface area contributed by atoms with Crippen molar-refractivity contribution in [3.63, 3.8) is 0 Å². The van der Waals surface area contributed by atoms with Gasteiger partial charge in [-0.15, -0.1) is 0 Å². The second-order valence-electron chi connectivity index (χ2n) is 6.55. The van der Waals surface area contributed by atoms with Gasteiger partial charge >= 0.3 is 0 Å². The average molecular weight is 251 g/mol. The van der Waals surface area contributed by atoms with E-state index < -0.39 is 0 Å². The van der Waals surface area contributed by atoms with Crippen LogP contribution in [0.2, 0.25) is 0 Å². The van der Waals surface area contributed by atoms with Crippen LogP contribution in [0.1, 0.15) is 46.5 Å². The summed E-state index contributed by atoms with van der Waals surface area (Å²) < 4.78 is 0. The third-order valence-electron chi connectivity index (χ3n) is 3.75. The standard InChI is InChI=1S/C14H25N3O/c1-13(2,3)16-12(18)11-6-8-14(10-15,9-7-11)17(4)5/h11H,6-9H2,1-5H3,(H,16,18). The van der Waals surface area contributed by atoms with Gasteiger partial charge in [0.1, 0.15) is 5.54 Å². The van der Waals surface area contributed by atoms with Gasteiger partial charge in [0.2, 0.25) is 5.91 Å². The molecule has 0 atom stereocenters. The molecular weight excluding hydrogens is 226 g/mol. The lowest BCUT2D eigenvalue weighted by Gasteiger charge is -2.39. The molecular formula is C14H25N3O. The van der Waals surface area contributed by atoms with Gasteiger partial charge in [0, 0.05) is 11.5 Å². The van der Waals surface area contributed by atoms with E-state index in [2.05, 4.69) is 11.4 Å². The summed E-state index contributed by atoms with van der Waals surface area (Å²) in [5.74, 6) is 0.193. The summed E-state index contributed by atoms with van der Waals surface area (Å²) in [6.07, 6.45) is 3.15. The van der Waals surface area contributed by atoms with Gasteiger partial charge in [-0.2, -0.15) is 5.26 Å². The van der Waals surface area contributed by atoms with Gasteiger partial charge < -0.3 is 5.32 Å². The van der Waals surface area contributed by atoms with Crippen LogP contribution in [0, 0.1) is 17.2 Å². The Morgan fingerprint density at radius 2 is 1.83 bits per heavy atom. The van der Waals surface area contributed by atoms with Gasteiger partial charge in [0.25, 0.3) is 0 Å². The summed E-state index contributed by atoms with van der Waals surface area (Å²) in [7, 11) is 3.89. The number of carbonyl (C=O) groups excluding carboxylic acids is 1. The number of nitrogens with one attached hydrogen (secondary N) is 1. The van der Waals surface area contributed by atoms with E-state index in [4.69, 9.17) is 0 Å². The monoisotopic (exact) mass is 251 g/mol. The van der Waals surface area contributed by atoms with Crippen LogP contribution in [0.4, 0.5) is 0 Å². The quantitative estimate of drug-likeness (QED) is 0.815. The molecule has 18 heavy (non-hydrogen) atoms. The van der Waals surface area contributed by atoms with Crippen LogP contribution in [0.3, 0.4) is 0 Å². The highest BCUT2D eigenvalue weighted by Crippen LogP contribution is 2.35. The highest BCUT2D eigenvalue weighted by molar-refractivity contribution is 5.79. The van der Waals surface area contributed by atoms with Crippen molar-refractivity contribution in [2.45, 2.75) is 57.5 Å². The number of hydrogen-bond donors (Lipinski definition) is 1. The number of amides is 1. The van der Waals surface area contributed by atoms with Crippen molar-refractivity contribution in [2.75, 3.05) is 14.1 Å². The first-order valence-corrected chi connectivity index (χ1v) is 6.61. The third kappa shape index (κ3) is 3.46. The molecule has 1 saturated carbocycles. The molecule has 1 fully saturated rings. The van der Waals surface area contributed by atoms with Crippen LogP contribution in [-0.4, -0.2) is 36.0 Å². The second-order valence-corrected chi connectivity index (χ2v) is 6.55. The van der Waals surface area contributed by atoms with Crippen LogP contribution < -0.4 is 5.32 Å². The highest BCUT2D eigenvalue weighted by Gasteiger charge is 2.39. The molecule has 0 spiro atoms. The topological polar surface area (TPSA) is 56.1 Å². The summed E-state index contributed by atoms with van der Waals surface area (Å²) in [6.45, 7) is 5.98. The first kappa shape index (κ1) is 15.0. The largest absolute Gasteiger partial charge is 0.351 e. The summed E-state index contributed by atoms with van der Waals surface area (Å²) in [5, 5.41) is 12.4.